The first-order chi connectivity index (χ1) is 9.24. The zero-order chi connectivity index (χ0) is 13.2. The fourth-order valence-electron chi connectivity index (χ4n) is 2.87. The Kier molecular flexibility index (Phi) is 3.42. The Balaban J connectivity index is 1.66. The van der Waals surface area contributed by atoms with Crippen molar-refractivity contribution in [1.82, 2.24) is 9.80 Å². The molecule has 2 heterocycles. The molecule has 0 spiro atoms. The summed E-state index contributed by atoms with van der Waals surface area (Å²) < 4.78 is 0. The second kappa shape index (κ2) is 5.21. The molecule has 1 N–H and O–H groups in total. The molecule has 19 heavy (non-hydrogen) atoms. The minimum absolute atomic E-state index is 0.0432. The molecular formula is C15H21N3O. The van der Waals surface area contributed by atoms with E-state index >= 15 is 0 Å². The van der Waals surface area contributed by atoms with E-state index in [1.807, 2.05) is 11.0 Å². The maximum atomic E-state index is 12.5. The van der Waals surface area contributed by atoms with Crippen LogP contribution in [0.1, 0.15) is 12.0 Å². The second-order valence-corrected chi connectivity index (χ2v) is 5.52. The maximum absolute atomic E-state index is 12.5. The minimum Gasteiger partial charge on any atom is -0.373 e. The number of aryl methyl sites for hydroxylation is 1. The first kappa shape index (κ1) is 12.5. The summed E-state index contributed by atoms with van der Waals surface area (Å²) in [6.07, 6.45) is 1.90. The van der Waals surface area contributed by atoms with E-state index in [0.29, 0.717) is 0 Å². The lowest BCUT2D eigenvalue weighted by Crippen LogP contribution is -2.52. The Morgan fingerprint density at radius 1 is 1.21 bits per heavy atom. The van der Waals surface area contributed by atoms with Gasteiger partial charge in [-0.15, -0.1) is 0 Å². The van der Waals surface area contributed by atoms with Gasteiger partial charge in [0.1, 0.15) is 6.04 Å². The van der Waals surface area contributed by atoms with Crippen LogP contribution < -0.4 is 5.32 Å². The summed E-state index contributed by atoms with van der Waals surface area (Å²) in [5, 5.41) is 3.40. The number of piperazine rings is 1. The van der Waals surface area contributed by atoms with Gasteiger partial charge in [0.05, 0.1) is 0 Å². The molecule has 1 aromatic carbocycles. The summed E-state index contributed by atoms with van der Waals surface area (Å²) in [7, 11) is 2.11. The van der Waals surface area contributed by atoms with Gasteiger partial charge in [0.15, 0.2) is 0 Å². The molecule has 2 aliphatic heterocycles. The lowest BCUT2D eigenvalue weighted by Gasteiger charge is -2.36. The van der Waals surface area contributed by atoms with Gasteiger partial charge in [-0.3, -0.25) is 4.79 Å². The van der Waals surface area contributed by atoms with Gasteiger partial charge in [0.2, 0.25) is 5.91 Å². The standard InChI is InChI=1S/C15H21N3O/c1-17-8-10-18(11-9-17)15(19)14-7-6-12-4-2-3-5-13(12)16-14/h2-5,14,16H,6-11H2,1H3/t14-/m0/s1. The fraction of sp³-hybridized carbons (Fsp3) is 0.533. The third-order valence-corrected chi connectivity index (χ3v) is 4.16. The number of nitrogens with zero attached hydrogens (tertiary/aromatic N) is 2. The molecule has 1 aromatic rings. The molecule has 2 aliphatic rings. The van der Waals surface area contributed by atoms with Crippen LogP contribution in [0.3, 0.4) is 0 Å². The Labute approximate surface area is 114 Å². The molecule has 1 atom stereocenters. The van der Waals surface area contributed by atoms with Crippen LogP contribution in [0.25, 0.3) is 0 Å². The van der Waals surface area contributed by atoms with E-state index in [1.54, 1.807) is 0 Å². The summed E-state index contributed by atoms with van der Waals surface area (Å²) in [5.74, 6) is 0.266. The predicted molar refractivity (Wildman–Crippen MR) is 76.3 cm³/mol. The zero-order valence-electron chi connectivity index (χ0n) is 11.4. The monoisotopic (exact) mass is 259 g/mol. The Hall–Kier alpha value is -1.55. The van der Waals surface area contributed by atoms with Gasteiger partial charge in [0, 0.05) is 31.9 Å². The van der Waals surface area contributed by atoms with Crippen molar-refractivity contribution in [3.05, 3.63) is 29.8 Å². The van der Waals surface area contributed by atoms with E-state index in [4.69, 9.17) is 0 Å². The maximum Gasteiger partial charge on any atom is 0.245 e. The van der Waals surface area contributed by atoms with E-state index in [0.717, 1.165) is 44.7 Å². The molecule has 4 heteroatoms. The molecule has 1 fully saturated rings. The SMILES string of the molecule is CN1CCN(C(=O)[C@@H]2CCc3ccccc3N2)CC1. The van der Waals surface area contributed by atoms with E-state index in [2.05, 4.69) is 35.5 Å². The lowest BCUT2D eigenvalue weighted by atomic mass is 9.97. The minimum atomic E-state index is -0.0432. The van der Waals surface area contributed by atoms with Crippen LogP contribution in [-0.4, -0.2) is 55.0 Å². The van der Waals surface area contributed by atoms with Crippen LogP contribution in [0.15, 0.2) is 24.3 Å². The highest BCUT2D eigenvalue weighted by atomic mass is 16.2. The highest BCUT2D eigenvalue weighted by Crippen LogP contribution is 2.25. The molecule has 102 valence electrons. The summed E-state index contributed by atoms with van der Waals surface area (Å²) in [6, 6.07) is 8.24. The number of amides is 1. The van der Waals surface area contributed by atoms with E-state index in [1.165, 1.54) is 5.56 Å². The highest BCUT2D eigenvalue weighted by molar-refractivity contribution is 5.85. The van der Waals surface area contributed by atoms with Gasteiger partial charge in [-0.05, 0) is 31.5 Å². The van der Waals surface area contributed by atoms with Crippen molar-refractivity contribution in [3.8, 4) is 0 Å². The van der Waals surface area contributed by atoms with E-state index < -0.39 is 0 Å². The highest BCUT2D eigenvalue weighted by Gasteiger charge is 2.29. The summed E-state index contributed by atoms with van der Waals surface area (Å²) in [4.78, 5) is 16.8. The van der Waals surface area contributed by atoms with Crippen molar-refractivity contribution in [2.45, 2.75) is 18.9 Å². The van der Waals surface area contributed by atoms with Crippen molar-refractivity contribution in [2.75, 3.05) is 38.5 Å². The topological polar surface area (TPSA) is 35.6 Å². The number of fused-ring (bicyclic) bond motifs is 1. The molecule has 0 aromatic heterocycles. The quantitative estimate of drug-likeness (QED) is 0.823. The smallest absolute Gasteiger partial charge is 0.245 e. The number of anilines is 1. The molecule has 4 nitrogen and oxygen atoms in total. The van der Waals surface area contributed by atoms with E-state index in [9.17, 15) is 4.79 Å². The van der Waals surface area contributed by atoms with Crippen molar-refractivity contribution < 1.29 is 4.79 Å². The van der Waals surface area contributed by atoms with Gasteiger partial charge in [-0.2, -0.15) is 0 Å². The number of para-hydroxylation sites is 1. The third kappa shape index (κ3) is 2.59. The van der Waals surface area contributed by atoms with Crippen LogP contribution >= 0.6 is 0 Å². The first-order valence-electron chi connectivity index (χ1n) is 7.06. The summed E-state index contributed by atoms with van der Waals surface area (Å²) >= 11 is 0. The van der Waals surface area contributed by atoms with Crippen molar-refractivity contribution in [3.63, 3.8) is 0 Å². The van der Waals surface area contributed by atoms with Gasteiger partial charge in [0.25, 0.3) is 0 Å². The molecular weight excluding hydrogens is 238 g/mol. The van der Waals surface area contributed by atoms with Gasteiger partial charge in [-0.1, -0.05) is 18.2 Å². The Bertz CT molecular complexity index is 466. The Morgan fingerprint density at radius 3 is 2.74 bits per heavy atom. The number of carbonyl (C=O) groups excluding carboxylic acids is 1. The molecule has 0 bridgehead atoms. The molecule has 3 rings (SSSR count). The van der Waals surface area contributed by atoms with Crippen molar-refractivity contribution in [2.24, 2.45) is 0 Å². The summed E-state index contributed by atoms with van der Waals surface area (Å²) in [5.41, 5.74) is 2.45. The normalized spacial score (nSPS) is 23.6. The molecule has 0 aliphatic carbocycles. The number of benzene rings is 1. The molecule has 0 radical (unpaired) electrons. The van der Waals surface area contributed by atoms with Crippen molar-refractivity contribution in [1.29, 1.82) is 0 Å². The van der Waals surface area contributed by atoms with Crippen LogP contribution in [-0.2, 0) is 11.2 Å². The van der Waals surface area contributed by atoms with Crippen LogP contribution in [0.2, 0.25) is 0 Å². The van der Waals surface area contributed by atoms with Crippen LogP contribution in [0.4, 0.5) is 5.69 Å². The molecule has 0 unspecified atom stereocenters. The first-order valence-corrected chi connectivity index (χ1v) is 7.06. The van der Waals surface area contributed by atoms with Gasteiger partial charge >= 0.3 is 0 Å². The zero-order valence-corrected chi connectivity index (χ0v) is 11.4. The van der Waals surface area contributed by atoms with E-state index in [-0.39, 0.29) is 11.9 Å². The fourth-order valence-corrected chi connectivity index (χ4v) is 2.87. The van der Waals surface area contributed by atoms with Crippen molar-refractivity contribution >= 4 is 11.6 Å². The molecule has 0 saturated carbocycles. The van der Waals surface area contributed by atoms with Crippen LogP contribution in [0, 0.1) is 0 Å². The number of nitrogens with one attached hydrogen (secondary N) is 1. The Morgan fingerprint density at radius 2 is 1.95 bits per heavy atom. The molecule has 1 saturated heterocycles. The lowest BCUT2D eigenvalue weighted by molar-refractivity contribution is -0.133. The predicted octanol–water partition coefficient (Wildman–Crippen LogP) is 1.19. The van der Waals surface area contributed by atoms with Crippen LogP contribution in [0.5, 0.6) is 0 Å². The van der Waals surface area contributed by atoms with Gasteiger partial charge < -0.3 is 15.1 Å². The number of rotatable bonds is 1. The summed E-state index contributed by atoms with van der Waals surface area (Å²) in [6.45, 7) is 3.68. The molecule has 1 amide bonds. The average molecular weight is 259 g/mol. The average Bonchev–Trinajstić information content (AvgIpc) is 2.47. The second-order valence-electron chi connectivity index (χ2n) is 5.52. The number of hydrogen-bond acceptors (Lipinski definition) is 3. The third-order valence-electron chi connectivity index (χ3n) is 4.16. The van der Waals surface area contributed by atoms with Gasteiger partial charge in [-0.25, -0.2) is 0 Å². The number of hydrogen-bond donors (Lipinski definition) is 1. The number of carbonyl (C=O) groups is 1. The number of likely N-dealkylation sites (N-methyl/N-ethyl adjacent to an activating group) is 1. The largest absolute Gasteiger partial charge is 0.373 e.